The molecule has 0 spiro atoms. The molecule has 0 amide bonds. The van der Waals surface area contributed by atoms with E-state index in [1.54, 1.807) is 7.11 Å². The van der Waals surface area contributed by atoms with Crippen molar-refractivity contribution in [1.82, 2.24) is 5.32 Å². The molecule has 1 aromatic carbocycles. The van der Waals surface area contributed by atoms with Crippen molar-refractivity contribution in [3.05, 3.63) is 24.3 Å². The fourth-order valence-electron chi connectivity index (χ4n) is 2.92. The van der Waals surface area contributed by atoms with Gasteiger partial charge in [0.1, 0.15) is 5.75 Å². The highest BCUT2D eigenvalue weighted by atomic mass is 16.5. The van der Waals surface area contributed by atoms with E-state index in [2.05, 4.69) is 43.2 Å². The van der Waals surface area contributed by atoms with Gasteiger partial charge in [0.05, 0.1) is 19.4 Å². The molecular formula is C17H28N2O2. The number of nitrogens with one attached hydrogen (secondary N) is 1. The van der Waals surface area contributed by atoms with Crippen LogP contribution in [0.2, 0.25) is 0 Å². The molecular weight excluding hydrogens is 264 g/mol. The summed E-state index contributed by atoms with van der Waals surface area (Å²) in [7, 11) is 3.86. The van der Waals surface area contributed by atoms with Gasteiger partial charge in [0, 0.05) is 38.2 Å². The van der Waals surface area contributed by atoms with Gasteiger partial charge in [0.15, 0.2) is 0 Å². The monoisotopic (exact) mass is 292 g/mol. The molecule has 0 aromatic heterocycles. The lowest BCUT2D eigenvalue weighted by Gasteiger charge is -2.34. The second-order valence-corrected chi connectivity index (χ2v) is 6.37. The number of hydrogen-bond acceptors (Lipinski definition) is 4. The standard InChI is InChI=1S/C17H28N2O2/c1-14(2)18-11-17(9-10-21-13-17)12-19(3)15-7-5-6-8-16(15)20-4/h5-8,14,18H,9-13H2,1-4H3. The van der Waals surface area contributed by atoms with Crippen molar-refractivity contribution in [2.75, 3.05) is 45.4 Å². The van der Waals surface area contributed by atoms with E-state index in [9.17, 15) is 0 Å². The number of benzene rings is 1. The number of anilines is 1. The van der Waals surface area contributed by atoms with Crippen molar-refractivity contribution in [2.45, 2.75) is 26.3 Å². The van der Waals surface area contributed by atoms with Crippen molar-refractivity contribution in [2.24, 2.45) is 5.41 Å². The summed E-state index contributed by atoms with van der Waals surface area (Å²) in [5.41, 5.74) is 1.32. The first-order chi connectivity index (χ1) is 10.1. The summed E-state index contributed by atoms with van der Waals surface area (Å²) in [4.78, 5) is 2.29. The number of hydrogen-bond donors (Lipinski definition) is 1. The van der Waals surface area contributed by atoms with Crippen molar-refractivity contribution in [3.63, 3.8) is 0 Å². The molecule has 4 heteroatoms. The molecule has 0 bridgehead atoms. The van der Waals surface area contributed by atoms with E-state index in [1.165, 1.54) is 0 Å². The molecule has 1 aliphatic rings. The summed E-state index contributed by atoms with van der Waals surface area (Å²) in [5, 5.41) is 3.58. The topological polar surface area (TPSA) is 33.7 Å². The van der Waals surface area contributed by atoms with Gasteiger partial charge in [0.2, 0.25) is 0 Å². The summed E-state index contributed by atoms with van der Waals surface area (Å²) >= 11 is 0. The summed E-state index contributed by atoms with van der Waals surface area (Å²) in [6.07, 6.45) is 1.10. The van der Waals surface area contributed by atoms with Crippen LogP contribution >= 0.6 is 0 Å². The Hall–Kier alpha value is -1.26. The zero-order chi connectivity index (χ0) is 15.3. The maximum absolute atomic E-state index is 5.69. The maximum Gasteiger partial charge on any atom is 0.142 e. The largest absolute Gasteiger partial charge is 0.495 e. The first-order valence-corrected chi connectivity index (χ1v) is 7.72. The predicted molar refractivity (Wildman–Crippen MR) is 87.3 cm³/mol. The molecule has 118 valence electrons. The zero-order valence-corrected chi connectivity index (χ0v) is 13.7. The number of methoxy groups -OCH3 is 1. The Morgan fingerprint density at radius 2 is 2.14 bits per heavy atom. The molecule has 1 fully saturated rings. The van der Waals surface area contributed by atoms with Crippen LogP contribution in [0.3, 0.4) is 0 Å². The lowest BCUT2D eigenvalue weighted by atomic mass is 9.86. The molecule has 1 atom stereocenters. The smallest absolute Gasteiger partial charge is 0.142 e. The minimum absolute atomic E-state index is 0.180. The Balaban J connectivity index is 2.09. The Bertz CT molecular complexity index is 442. The SMILES string of the molecule is COc1ccccc1N(C)CC1(CNC(C)C)CCOC1. The Morgan fingerprint density at radius 1 is 1.38 bits per heavy atom. The van der Waals surface area contributed by atoms with Crippen molar-refractivity contribution in [3.8, 4) is 5.75 Å². The zero-order valence-electron chi connectivity index (χ0n) is 13.7. The molecule has 1 unspecified atom stereocenters. The van der Waals surface area contributed by atoms with Crippen LogP contribution in [0.1, 0.15) is 20.3 Å². The van der Waals surface area contributed by atoms with E-state index >= 15 is 0 Å². The molecule has 0 aliphatic carbocycles. The van der Waals surface area contributed by atoms with Crippen molar-refractivity contribution < 1.29 is 9.47 Å². The number of para-hydroxylation sites is 2. The Kier molecular flexibility index (Phi) is 5.48. The average Bonchev–Trinajstić information content (AvgIpc) is 2.94. The number of nitrogens with zero attached hydrogens (tertiary/aromatic N) is 1. The van der Waals surface area contributed by atoms with Gasteiger partial charge in [-0.15, -0.1) is 0 Å². The van der Waals surface area contributed by atoms with E-state index in [0.29, 0.717) is 6.04 Å². The molecule has 0 radical (unpaired) electrons. The summed E-state index contributed by atoms with van der Waals surface area (Å²) in [6, 6.07) is 8.68. The minimum Gasteiger partial charge on any atom is -0.495 e. The molecule has 1 N–H and O–H groups in total. The highest BCUT2D eigenvalue weighted by molar-refractivity contribution is 5.58. The van der Waals surface area contributed by atoms with Gasteiger partial charge < -0.3 is 19.7 Å². The maximum atomic E-state index is 5.69. The van der Waals surface area contributed by atoms with Crippen molar-refractivity contribution >= 4 is 5.69 Å². The Labute approximate surface area is 128 Å². The third kappa shape index (κ3) is 4.11. The summed E-state index contributed by atoms with van der Waals surface area (Å²) < 4.78 is 11.2. The first kappa shape index (κ1) is 16.1. The fourth-order valence-corrected chi connectivity index (χ4v) is 2.92. The van der Waals surface area contributed by atoms with Crippen LogP contribution in [0.4, 0.5) is 5.69 Å². The van der Waals surface area contributed by atoms with Crippen LogP contribution in [0.25, 0.3) is 0 Å². The lowest BCUT2D eigenvalue weighted by molar-refractivity contribution is 0.151. The van der Waals surface area contributed by atoms with E-state index in [0.717, 1.165) is 44.2 Å². The van der Waals surface area contributed by atoms with Gasteiger partial charge in [-0.3, -0.25) is 0 Å². The number of rotatable bonds is 7. The molecule has 2 rings (SSSR count). The van der Waals surface area contributed by atoms with Gasteiger partial charge >= 0.3 is 0 Å². The molecule has 1 saturated heterocycles. The van der Waals surface area contributed by atoms with E-state index in [-0.39, 0.29) is 5.41 Å². The van der Waals surface area contributed by atoms with Gasteiger partial charge in [-0.1, -0.05) is 26.0 Å². The van der Waals surface area contributed by atoms with E-state index in [1.807, 2.05) is 12.1 Å². The van der Waals surface area contributed by atoms with Gasteiger partial charge in [-0.05, 0) is 18.6 Å². The highest BCUT2D eigenvalue weighted by Crippen LogP contribution is 2.33. The Morgan fingerprint density at radius 3 is 2.76 bits per heavy atom. The third-order valence-electron chi connectivity index (χ3n) is 4.14. The lowest BCUT2D eigenvalue weighted by Crippen LogP contribution is -2.45. The van der Waals surface area contributed by atoms with Crippen LogP contribution < -0.4 is 15.0 Å². The third-order valence-corrected chi connectivity index (χ3v) is 4.14. The fraction of sp³-hybridized carbons (Fsp3) is 0.647. The molecule has 4 nitrogen and oxygen atoms in total. The highest BCUT2D eigenvalue weighted by Gasteiger charge is 2.36. The minimum atomic E-state index is 0.180. The van der Waals surface area contributed by atoms with Crippen LogP contribution in [-0.2, 0) is 4.74 Å². The predicted octanol–water partition coefficient (Wildman–Crippen LogP) is 2.54. The van der Waals surface area contributed by atoms with E-state index < -0.39 is 0 Å². The normalized spacial score (nSPS) is 21.8. The molecule has 21 heavy (non-hydrogen) atoms. The quantitative estimate of drug-likeness (QED) is 0.837. The van der Waals surface area contributed by atoms with Crippen molar-refractivity contribution in [1.29, 1.82) is 0 Å². The molecule has 0 saturated carbocycles. The van der Waals surface area contributed by atoms with Crippen LogP contribution in [0.5, 0.6) is 5.75 Å². The van der Waals surface area contributed by atoms with Gasteiger partial charge in [0.25, 0.3) is 0 Å². The second-order valence-electron chi connectivity index (χ2n) is 6.37. The van der Waals surface area contributed by atoms with Gasteiger partial charge in [-0.25, -0.2) is 0 Å². The molecule has 1 aromatic rings. The number of ether oxygens (including phenoxy) is 2. The molecule has 1 aliphatic heterocycles. The summed E-state index contributed by atoms with van der Waals surface area (Å²) in [6.45, 7) is 8.02. The molecule has 1 heterocycles. The van der Waals surface area contributed by atoms with Crippen LogP contribution in [-0.4, -0.2) is 46.5 Å². The van der Waals surface area contributed by atoms with E-state index in [4.69, 9.17) is 9.47 Å². The van der Waals surface area contributed by atoms with Gasteiger partial charge in [-0.2, -0.15) is 0 Å². The van der Waals surface area contributed by atoms with Crippen LogP contribution in [0, 0.1) is 5.41 Å². The first-order valence-electron chi connectivity index (χ1n) is 7.72. The summed E-state index contributed by atoms with van der Waals surface area (Å²) in [5.74, 6) is 0.922. The average molecular weight is 292 g/mol. The van der Waals surface area contributed by atoms with Crippen LogP contribution in [0.15, 0.2) is 24.3 Å². The second kappa shape index (κ2) is 7.14.